The normalized spacial score (nSPS) is 26.6. The van der Waals surface area contributed by atoms with Crippen LogP contribution in [0.25, 0.3) is 11.0 Å². The van der Waals surface area contributed by atoms with Crippen molar-refractivity contribution in [1.82, 2.24) is 10.6 Å². The molecular weight excluding hydrogens is 580 g/mol. The number of hydrogen-bond donors (Lipinski definition) is 6. The molecule has 5 heterocycles. The molecule has 1 aromatic heterocycles. The molecule has 12 nitrogen and oxygen atoms in total. The molecule has 1 saturated heterocycles. The third kappa shape index (κ3) is 5.87. The molecule has 2 aromatic rings. The number of phenols is 1. The zero-order chi connectivity index (χ0) is 32.1. The van der Waals surface area contributed by atoms with Crippen molar-refractivity contribution in [3.63, 3.8) is 0 Å². The van der Waals surface area contributed by atoms with Crippen LogP contribution in [0.2, 0.25) is 0 Å². The van der Waals surface area contributed by atoms with Crippen LogP contribution in [0.3, 0.4) is 0 Å². The summed E-state index contributed by atoms with van der Waals surface area (Å²) in [4.78, 5) is 26.5. The van der Waals surface area contributed by atoms with Gasteiger partial charge in [0, 0.05) is 37.3 Å². The SMILES string of the molecule is Cc1cc(=O)c2c(O)c3c(cc2o1)OC(C)(C)C(OC(=O)C1(CCCO)OC1CCC1=CC(C2=CCNC(N)=C2)NC(N)=C1)C3. The summed E-state index contributed by atoms with van der Waals surface area (Å²) in [6, 6.07) is 2.78. The van der Waals surface area contributed by atoms with Crippen LogP contribution in [0.4, 0.5) is 0 Å². The minimum absolute atomic E-state index is 0.0535. The standard InChI is InChI=1S/C33H40N4O8/c1-17-11-22(39)29-24(42-17)16-23-20(30(29)40)15-26(32(2,3)44-23)43-31(41)33(8-4-10-38)25(45-33)6-5-18-12-21(37-28(35)13-18)19-7-9-36-27(34)14-19/h7,11-14,16,21,25-26,36-38,40H,4-6,8-10,15,34-35H2,1-3H3. The second kappa shape index (κ2) is 11.5. The van der Waals surface area contributed by atoms with Crippen LogP contribution in [0.15, 0.2) is 68.4 Å². The fourth-order valence-electron chi connectivity index (χ4n) is 6.43. The molecule has 4 aliphatic rings. The van der Waals surface area contributed by atoms with Crippen molar-refractivity contribution in [2.24, 2.45) is 11.5 Å². The van der Waals surface area contributed by atoms with E-state index >= 15 is 0 Å². The van der Waals surface area contributed by atoms with Gasteiger partial charge in [0.2, 0.25) is 0 Å². The van der Waals surface area contributed by atoms with E-state index in [1.54, 1.807) is 26.8 Å². The van der Waals surface area contributed by atoms with Crippen molar-refractivity contribution in [1.29, 1.82) is 0 Å². The summed E-state index contributed by atoms with van der Waals surface area (Å²) in [6.45, 7) is 5.78. The molecule has 12 heteroatoms. The molecule has 4 aliphatic heterocycles. The van der Waals surface area contributed by atoms with E-state index in [0.717, 1.165) is 11.1 Å². The predicted octanol–water partition coefficient (Wildman–Crippen LogP) is 2.15. The molecule has 240 valence electrons. The Bertz CT molecular complexity index is 1720. The van der Waals surface area contributed by atoms with E-state index in [2.05, 4.69) is 16.7 Å². The van der Waals surface area contributed by atoms with E-state index in [1.807, 2.05) is 18.2 Å². The number of nitrogens with one attached hydrogen (secondary N) is 2. The number of aromatic hydroxyl groups is 1. The molecule has 1 aromatic carbocycles. The number of aliphatic hydroxyl groups excluding tert-OH is 1. The van der Waals surface area contributed by atoms with E-state index in [0.29, 0.717) is 60.9 Å². The molecule has 0 aliphatic carbocycles. The largest absolute Gasteiger partial charge is 0.507 e. The first-order chi connectivity index (χ1) is 21.4. The first-order valence-corrected chi connectivity index (χ1v) is 15.2. The van der Waals surface area contributed by atoms with Crippen molar-refractivity contribution >= 4 is 16.9 Å². The maximum Gasteiger partial charge on any atom is 0.341 e. The molecule has 4 atom stereocenters. The number of carbonyl (C=O) groups excluding carboxylic acids is 1. The number of hydrogen-bond acceptors (Lipinski definition) is 12. The van der Waals surface area contributed by atoms with E-state index in [4.69, 9.17) is 30.1 Å². The minimum atomic E-state index is -1.21. The molecule has 0 amide bonds. The van der Waals surface area contributed by atoms with Gasteiger partial charge < -0.3 is 50.9 Å². The molecule has 6 rings (SSSR count). The molecular formula is C33H40N4O8. The lowest BCUT2D eigenvalue weighted by Gasteiger charge is -2.39. The molecule has 0 spiro atoms. The van der Waals surface area contributed by atoms with Crippen LogP contribution in [0.1, 0.15) is 50.9 Å². The lowest BCUT2D eigenvalue weighted by Crippen LogP contribution is -2.50. The quantitative estimate of drug-likeness (QED) is 0.177. The number of esters is 1. The highest BCUT2D eigenvalue weighted by molar-refractivity contribution is 5.87. The van der Waals surface area contributed by atoms with Crippen LogP contribution in [-0.4, -0.2) is 58.8 Å². The molecule has 4 unspecified atom stereocenters. The third-order valence-electron chi connectivity index (χ3n) is 8.90. The Balaban J connectivity index is 1.18. The summed E-state index contributed by atoms with van der Waals surface area (Å²) < 4.78 is 24.0. The van der Waals surface area contributed by atoms with Gasteiger partial charge in [-0.25, -0.2) is 4.79 Å². The van der Waals surface area contributed by atoms with Crippen molar-refractivity contribution in [2.45, 2.75) is 82.3 Å². The fraction of sp³-hybridized carbons (Fsp3) is 0.455. The molecule has 8 N–H and O–H groups in total. The first-order valence-electron chi connectivity index (χ1n) is 15.2. The van der Waals surface area contributed by atoms with Gasteiger partial charge in [0.1, 0.15) is 39.9 Å². The van der Waals surface area contributed by atoms with E-state index in [9.17, 15) is 19.8 Å². The molecule has 1 fully saturated rings. The maximum absolute atomic E-state index is 13.8. The molecule has 0 radical (unpaired) electrons. The number of fused-ring (bicyclic) bond motifs is 2. The number of dihydropyridines is 2. The number of ether oxygens (including phenoxy) is 3. The second-order valence-electron chi connectivity index (χ2n) is 12.6. The van der Waals surface area contributed by atoms with Crippen molar-refractivity contribution < 1.29 is 33.6 Å². The van der Waals surface area contributed by atoms with Crippen LogP contribution in [0.5, 0.6) is 11.5 Å². The summed E-state index contributed by atoms with van der Waals surface area (Å²) >= 11 is 0. The predicted molar refractivity (Wildman–Crippen MR) is 166 cm³/mol. The van der Waals surface area contributed by atoms with Gasteiger partial charge in [-0.3, -0.25) is 4.79 Å². The average Bonchev–Trinajstić information content (AvgIpc) is 3.69. The molecule has 45 heavy (non-hydrogen) atoms. The Morgan fingerprint density at radius 1 is 1.20 bits per heavy atom. The summed E-state index contributed by atoms with van der Waals surface area (Å²) in [5.74, 6) is 1.11. The summed E-state index contributed by atoms with van der Waals surface area (Å²) in [5, 5.41) is 27.0. The van der Waals surface area contributed by atoms with Crippen molar-refractivity contribution in [3.05, 3.63) is 80.8 Å². The number of benzene rings is 1. The number of allylic oxidation sites excluding steroid dienone is 2. The number of carbonyl (C=O) groups is 1. The summed E-state index contributed by atoms with van der Waals surface area (Å²) in [7, 11) is 0. The Kier molecular flexibility index (Phi) is 7.82. The monoisotopic (exact) mass is 620 g/mol. The summed E-state index contributed by atoms with van der Waals surface area (Å²) in [6.07, 6.45) is 8.60. The van der Waals surface area contributed by atoms with E-state index < -0.39 is 29.4 Å². The van der Waals surface area contributed by atoms with Crippen molar-refractivity contribution in [2.75, 3.05) is 13.2 Å². The Hall–Kier alpha value is -4.42. The number of aliphatic hydroxyl groups is 1. The number of nitrogens with two attached hydrogens (primary N) is 2. The number of epoxide rings is 1. The van der Waals surface area contributed by atoms with Crippen LogP contribution >= 0.6 is 0 Å². The zero-order valence-electron chi connectivity index (χ0n) is 25.6. The smallest absolute Gasteiger partial charge is 0.341 e. The van der Waals surface area contributed by atoms with Crippen molar-refractivity contribution in [3.8, 4) is 11.5 Å². The van der Waals surface area contributed by atoms with Crippen LogP contribution < -0.4 is 32.3 Å². The fourth-order valence-corrected chi connectivity index (χ4v) is 6.43. The number of aryl methyl sites for hydroxylation is 1. The van der Waals surface area contributed by atoms with Crippen LogP contribution in [-0.2, 0) is 20.7 Å². The van der Waals surface area contributed by atoms with E-state index in [-0.39, 0.29) is 41.2 Å². The van der Waals surface area contributed by atoms with Gasteiger partial charge in [-0.05, 0) is 69.8 Å². The first kappa shape index (κ1) is 30.6. The van der Waals surface area contributed by atoms with Gasteiger partial charge in [-0.15, -0.1) is 0 Å². The number of phenolic OH excluding ortho intramolecular Hbond substituents is 1. The van der Waals surface area contributed by atoms with Gasteiger partial charge in [0.05, 0.1) is 23.8 Å². The van der Waals surface area contributed by atoms with Gasteiger partial charge in [0.25, 0.3) is 0 Å². The lowest BCUT2D eigenvalue weighted by molar-refractivity contribution is -0.168. The zero-order valence-corrected chi connectivity index (χ0v) is 25.6. The Labute approximate surface area is 260 Å². The highest BCUT2D eigenvalue weighted by atomic mass is 16.7. The van der Waals surface area contributed by atoms with Gasteiger partial charge in [-0.2, -0.15) is 0 Å². The number of rotatable bonds is 9. The lowest BCUT2D eigenvalue weighted by atomic mass is 9.89. The highest BCUT2D eigenvalue weighted by Crippen LogP contribution is 2.48. The molecule has 0 bridgehead atoms. The van der Waals surface area contributed by atoms with Gasteiger partial charge >= 0.3 is 5.97 Å². The Morgan fingerprint density at radius 3 is 2.76 bits per heavy atom. The maximum atomic E-state index is 13.8. The van der Waals surface area contributed by atoms with Gasteiger partial charge in [-0.1, -0.05) is 12.2 Å². The second-order valence-corrected chi connectivity index (χ2v) is 12.6. The molecule has 0 saturated carbocycles. The van der Waals surface area contributed by atoms with Gasteiger partial charge in [0.15, 0.2) is 11.0 Å². The Morgan fingerprint density at radius 2 is 2.00 bits per heavy atom. The topological polar surface area (TPSA) is 195 Å². The minimum Gasteiger partial charge on any atom is -0.507 e. The van der Waals surface area contributed by atoms with Crippen LogP contribution in [0, 0.1) is 6.92 Å². The average molecular weight is 621 g/mol. The summed E-state index contributed by atoms with van der Waals surface area (Å²) in [5.41, 5.74) is 12.2. The third-order valence-corrected chi connectivity index (χ3v) is 8.90. The van der Waals surface area contributed by atoms with E-state index in [1.165, 1.54) is 6.07 Å². The highest BCUT2D eigenvalue weighted by Gasteiger charge is 2.63.